The summed E-state index contributed by atoms with van der Waals surface area (Å²) in [7, 11) is 0. The molecule has 0 aromatic carbocycles. The van der Waals surface area contributed by atoms with Crippen LogP contribution in [0.3, 0.4) is 0 Å². The van der Waals surface area contributed by atoms with Crippen LogP contribution in [0.15, 0.2) is 12.7 Å². The molecule has 0 fully saturated rings. The molecule has 0 aliphatic carbocycles. The van der Waals surface area contributed by atoms with Crippen molar-refractivity contribution in [1.29, 1.82) is 0 Å². The molecule has 5 heteroatoms. The normalized spacial score (nSPS) is 13.5. The van der Waals surface area contributed by atoms with Gasteiger partial charge in [-0.1, -0.05) is 19.4 Å². The van der Waals surface area contributed by atoms with Crippen molar-refractivity contribution in [2.24, 2.45) is 5.92 Å². The zero-order valence-electron chi connectivity index (χ0n) is 10.5. The molecular weight excluding hydrogens is 220 g/mol. The fraction of sp³-hybridized carbons (Fsp3) is 0.667. The third-order valence-corrected chi connectivity index (χ3v) is 2.48. The molecule has 0 radical (unpaired) electrons. The van der Waals surface area contributed by atoms with Gasteiger partial charge in [0.25, 0.3) is 0 Å². The van der Waals surface area contributed by atoms with Crippen LogP contribution in [0.4, 0.5) is 4.79 Å². The number of hydrogen-bond donors (Lipinski definition) is 3. The lowest BCUT2D eigenvalue weighted by Crippen LogP contribution is -2.40. The average molecular weight is 242 g/mol. The second-order valence-electron chi connectivity index (χ2n) is 4.21. The maximum atomic E-state index is 11.3. The minimum absolute atomic E-state index is 0.0424. The molecule has 0 heterocycles. The van der Waals surface area contributed by atoms with Gasteiger partial charge < -0.3 is 15.7 Å². The Morgan fingerprint density at radius 1 is 1.35 bits per heavy atom. The summed E-state index contributed by atoms with van der Waals surface area (Å²) in [6.45, 7) is 7.53. The van der Waals surface area contributed by atoms with E-state index >= 15 is 0 Å². The number of rotatable bonds is 8. The highest BCUT2D eigenvalue weighted by molar-refractivity contribution is 5.74. The van der Waals surface area contributed by atoms with Crippen LogP contribution in [-0.2, 0) is 4.79 Å². The molecule has 2 amide bonds. The van der Waals surface area contributed by atoms with Crippen molar-refractivity contribution in [2.45, 2.75) is 39.2 Å². The maximum absolute atomic E-state index is 11.3. The first-order valence-electron chi connectivity index (χ1n) is 5.85. The number of carbonyl (C=O) groups excluding carboxylic acids is 1. The fourth-order valence-electron chi connectivity index (χ4n) is 1.37. The molecule has 17 heavy (non-hydrogen) atoms. The van der Waals surface area contributed by atoms with Gasteiger partial charge in [0.2, 0.25) is 0 Å². The number of amides is 2. The van der Waals surface area contributed by atoms with Crippen molar-refractivity contribution in [3.8, 4) is 0 Å². The van der Waals surface area contributed by atoms with E-state index in [4.69, 9.17) is 5.11 Å². The molecule has 0 spiro atoms. The number of carboxylic acids is 1. The van der Waals surface area contributed by atoms with Crippen LogP contribution < -0.4 is 10.6 Å². The Labute approximate surface area is 102 Å². The zero-order chi connectivity index (χ0) is 13.3. The second-order valence-corrected chi connectivity index (χ2v) is 4.21. The van der Waals surface area contributed by atoms with Crippen molar-refractivity contribution >= 4 is 12.0 Å². The maximum Gasteiger partial charge on any atom is 0.315 e. The summed E-state index contributed by atoms with van der Waals surface area (Å²) in [6.07, 6.45) is 3.81. The Bertz CT molecular complexity index is 266. The standard InChI is InChI=1S/C12H22N2O3/c1-4-8-13-12(17)14-10(3)7-5-6-9(2)11(15)16/h4,9-10H,1,5-8H2,2-3H3,(H,15,16)(H2,13,14,17). The monoisotopic (exact) mass is 242 g/mol. The second kappa shape index (κ2) is 8.61. The molecule has 0 bridgehead atoms. The molecule has 0 aliphatic rings. The van der Waals surface area contributed by atoms with Gasteiger partial charge in [-0.05, 0) is 19.8 Å². The molecule has 2 atom stereocenters. The van der Waals surface area contributed by atoms with Crippen LogP contribution >= 0.6 is 0 Å². The van der Waals surface area contributed by atoms with Gasteiger partial charge in [-0.2, -0.15) is 0 Å². The average Bonchev–Trinajstić information content (AvgIpc) is 2.25. The third kappa shape index (κ3) is 8.30. The molecule has 0 aromatic rings. The molecule has 98 valence electrons. The number of carbonyl (C=O) groups is 2. The van der Waals surface area contributed by atoms with E-state index in [9.17, 15) is 9.59 Å². The first-order valence-corrected chi connectivity index (χ1v) is 5.85. The molecule has 0 rings (SSSR count). The lowest BCUT2D eigenvalue weighted by Gasteiger charge is -2.14. The molecule has 0 saturated carbocycles. The van der Waals surface area contributed by atoms with Crippen LogP contribution in [0, 0.1) is 5.92 Å². The predicted molar refractivity (Wildman–Crippen MR) is 66.8 cm³/mol. The van der Waals surface area contributed by atoms with E-state index in [1.807, 2.05) is 6.92 Å². The molecule has 3 N–H and O–H groups in total. The molecular formula is C12H22N2O3. The van der Waals surface area contributed by atoms with Gasteiger partial charge in [-0.3, -0.25) is 4.79 Å². The van der Waals surface area contributed by atoms with Crippen molar-refractivity contribution in [2.75, 3.05) is 6.54 Å². The third-order valence-electron chi connectivity index (χ3n) is 2.48. The summed E-state index contributed by atoms with van der Waals surface area (Å²) in [5.74, 6) is -1.09. The Morgan fingerprint density at radius 2 is 2.00 bits per heavy atom. The fourth-order valence-corrected chi connectivity index (χ4v) is 1.37. The van der Waals surface area contributed by atoms with Crippen LogP contribution in [0.1, 0.15) is 33.1 Å². The molecule has 5 nitrogen and oxygen atoms in total. The van der Waals surface area contributed by atoms with Crippen LogP contribution in [0.5, 0.6) is 0 Å². The Balaban J connectivity index is 3.65. The Kier molecular flexibility index (Phi) is 7.84. The van der Waals surface area contributed by atoms with Crippen molar-refractivity contribution in [3.05, 3.63) is 12.7 Å². The van der Waals surface area contributed by atoms with E-state index < -0.39 is 5.97 Å². The summed E-state index contributed by atoms with van der Waals surface area (Å²) in [5.41, 5.74) is 0. The summed E-state index contributed by atoms with van der Waals surface area (Å²) in [6, 6.07) is -0.176. The number of urea groups is 1. The first kappa shape index (κ1) is 15.5. The largest absolute Gasteiger partial charge is 0.481 e. The van der Waals surface area contributed by atoms with Gasteiger partial charge in [-0.25, -0.2) is 4.79 Å². The highest BCUT2D eigenvalue weighted by atomic mass is 16.4. The van der Waals surface area contributed by atoms with Crippen LogP contribution in [0.25, 0.3) is 0 Å². The van der Waals surface area contributed by atoms with E-state index in [1.165, 1.54) is 0 Å². The minimum Gasteiger partial charge on any atom is -0.481 e. The van der Waals surface area contributed by atoms with Crippen molar-refractivity contribution in [1.82, 2.24) is 10.6 Å². The molecule has 0 aliphatic heterocycles. The molecule has 0 saturated heterocycles. The van der Waals surface area contributed by atoms with Crippen molar-refractivity contribution in [3.63, 3.8) is 0 Å². The Hall–Kier alpha value is -1.52. The highest BCUT2D eigenvalue weighted by Gasteiger charge is 2.11. The predicted octanol–water partition coefficient (Wildman–Crippen LogP) is 1.75. The summed E-state index contributed by atoms with van der Waals surface area (Å²) >= 11 is 0. The van der Waals surface area contributed by atoms with Gasteiger partial charge >= 0.3 is 12.0 Å². The summed E-state index contributed by atoms with van der Waals surface area (Å²) < 4.78 is 0. The van der Waals surface area contributed by atoms with Gasteiger partial charge in [0, 0.05) is 12.6 Å². The number of nitrogens with one attached hydrogen (secondary N) is 2. The quantitative estimate of drug-likeness (QED) is 0.567. The number of aliphatic carboxylic acids is 1. The van der Waals surface area contributed by atoms with Gasteiger partial charge in [0.1, 0.15) is 0 Å². The number of hydrogen-bond acceptors (Lipinski definition) is 2. The lowest BCUT2D eigenvalue weighted by molar-refractivity contribution is -0.141. The lowest BCUT2D eigenvalue weighted by atomic mass is 10.0. The van der Waals surface area contributed by atoms with E-state index in [1.54, 1.807) is 13.0 Å². The van der Waals surface area contributed by atoms with E-state index in [0.29, 0.717) is 13.0 Å². The van der Waals surface area contributed by atoms with Gasteiger partial charge in [0.05, 0.1) is 5.92 Å². The van der Waals surface area contributed by atoms with Gasteiger partial charge in [0.15, 0.2) is 0 Å². The minimum atomic E-state index is -0.769. The molecule has 2 unspecified atom stereocenters. The zero-order valence-corrected chi connectivity index (χ0v) is 10.5. The summed E-state index contributed by atoms with van der Waals surface area (Å²) in [4.78, 5) is 21.8. The van der Waals surface area contributed by atoms with Crippen LogP contribution in [-0.4, -0.2) is 29.7 Å². The first-order chi connectivity index (χ1) is 7.97. The topological polar surface area (TPSA) is 78.4 Å². The molecule has 0 aromatic heterocycles. The van der Waals surface area contributed by atoms with E-state index in [-0.39, 0.29) is 18.0 Å². The Morgan fingerprint density at radius 3 is 2.53 bits per heavy atom. The van der Waals surface area contributed by atoms with E-state index in [0.717, 1.165) is 12.8 Å². The SMILES string of the molecule is C=CCNC(=O)NC(C)CCCC(C)C(=O)O. The van der Waals surface area contributed by atoms with Crippen molar-refractivity contribution < 1.29 is 14.7 Å². The van der Waals surface area contributed by atoms with Crippen LogP contribution in [0.2, 0.25) is 0 Å². The highest BCUT2D eigenvalue weighted by Crippen LogP contribution is 2.09. The number of carboxylic acid groups (broad SMARTS) is 1. The smallest absolute Gasteiger partial charge is 0.315 e. The van der Waals surface area contributed by atoms with Gasteiger partial charge in [-0.15, -0.1) is 6.58 Å². The van der Waals surface area contributed by atoms with E-state index in [2.05, 4.69) is 17.2 Å². The summed E-state index contributed by atoms with van der Waals surface area (Å²) in [5, 5.41) is 14.1.